The van der Waals surface area contributed by atoms with E-state index >= 15 is 0 Å². The second-order valence-electron chi connectivity index (χ2n) is 4.55. The molecule has 1 heterocycles. The predicted octanol–water partition coefficient (Wildman–Crippen LogP) is 3.29. The standard InChI is InChI=1S/C15H16F2N2/c1-9-4-7-12(14(17)13(9)16)15(18-3)11-6-5-10(2)19-8-11/h4-8,15,18H,1-3H3. The van der Waals surface area contributed by atoms with E-state index in [4.69, 9.17) is 0 Å². The van der Waals surface area contributed by atoms with Crippen molar-refractivity contribution >= 4 is 0 Å². The second-order valence-corrected chi connectivity index (χ2v) is 4.55. The van der Waals surface area contributed by atoms with E-state index in [1.165, 1.54) is 0 Å². The first-order valence-electron chi connectivity index (χ1n) is 6.09. The Balaban J connectivity index is 2.48. The first-order valence-corrected chi connectivity index (χ1v) is 6.09. The smallest absolute Gasteiger partial charge is 0.164 e. The molecule has 0 aliphatic heterocycles. The summed E-state index contributed by atoms with van der Waals surface area (Å²) in [5.41, 5.74) is 2.28. The van der Waals surface area contributed by atoms with Gasteiger partial charge in [-0.1, -0.05) is 18.2 Å². The van der Waals surface area contributed by atoms with Gasteiger partial charge in [0.25, 0.3) is 0 Å². The summed E-state index contributed by atoms with van der Waals surface area (Å²) in [6, 6.07) is 6.49. The number of nitrogens with one attached hydrogen (secondary N) is 1. The fraction of sp³-hybridized carbons (Fsp3) is 0.267. The van der Waals surface area contributed by atoms with Gasteiger partial charge in [-0.2, -0.15) is 0 Å². The highest BCUT2D eigenvalue weighted by molar-refractivity contribution is 5.34. The molecule has 2 rings (SSSR count). The molecule has 100 valence electrons. The fourth-order valence-corrected chi connectivity index (χ4v) is 2.04. The minimum absolute atomic E-state index is 0.288. The van der Waals surface area contributed by atoms with Gasteiger partial charge in [0.15, 0.2) is 11.6 Å². The van der Waals surface area contributed by atoms with Crippen LogP contribution in [0.4, 0.5) is 8.78 Å². The summed E-state index contributed by atoms with van der Waals surface area (Å²) in [5, 5.41) is 2.99. The third-order valence-electron chi connectivity index (χ3n) is 3.17. The maximum atomic E-state index is 14.0. The van der Waals surface area contributed by atoms with E-state index < -0.39 is 17.7 Å². The van der Waals surface area contributed by atoms with Crippen LogP contribution in [0.2, 0.25) is 0 Å². The van der Waals surface area contributed by atoms with Gasteiger partial charge in [-0.3, -0.25) is 4.98 Å². The molecule has 0 aliphatic carbocycles. The van der Waals surface area contributed by atoms with Crippen LogP contribution in [0.3, 0.4) is 0 Å². The van der Waals surface area contributed by atoms with Crippen molar-refractivity contribution in [3.63, 3.8) is 0 Å². The van der Waals surface area contributed by atoms with E-state index in [0.717, 1.165) is 11.3 Å². The Hall–Kier alpha value is -1.81. The SMILES string of the molecule is CNC(c1ccc(C)nc1)c1ccc(C)c(F)c1F. The van der Waals surface area contributed by atoms with Gasteiger partial charge in [0.2, 0.25) is 0 Å². The number of rotatable bonds is 3. The number of halogens is 2. The molecule has 1 atom stereocenters. The normalized spacial score (nSPS) is 12.5. The fourth-order valence-electron chi connectivity index (χ4n) is 2.04. The highest BCUT2D eigenvalue weighted by Crippen LogP contribution is 2.26. The molecule has 0 radical (unpaired) electrons. The molecule has 0 fully saturated rings. The number of hydrogen-bond acceptors (Lipinski definition) is 2. The van der Waals surface area contributed by atoms with Gasteiger partial charge in [-0.15, -0.1) is 0 Å². The summed E-state index contributed by atoms with van der Waals surface area (Å²) in [7, 11) is 1.71. The quantitative estimate of drug-likeness (QED) is 0.918. The van der Waals surface area contributed by atoms with Gasteiger partial charge in [-0.05, 0) is 38.1 Å². The molecule has 0 saturated heterocycles. The van der Waals surface area contributed by atoms with E-state index in [2.05, 4.69) is 10.3 Å². The molecule has 0 amide bonds. The summed E-state index contributed by atoms with van der Waals surface area (Å²) in [6.07, 6.45) is 1.67. The maximum Gasteiger partial charge on any atom is 0.164 e. The van der Waals surface area contributed by atoms with Crippen LogP contribution in [0, 0.1) is 25.5 Å². The molecule has 1 aromatic heterocycles. The van der Waals surface area contributed by atoms with Crippen LogP contribution in [0.25, 0.3) is 0 Å². The van der Waals surface area contributed by atoms with Crippen LogP contribution >= 0.6 is 0 Å². The van der Waals surface area contributed by atoms with Crippen molar-refractivity contribution in [3.8, 4) is 0 Å². The van der Waals surface area contributed by atoms with Gasteiger partial charge in [0.1, 0.15) is 0 Å². The molecule has 0 spiro atoms. The van der Waals surface area contributed by atoms with Gasteiger partial charge >= 0.3 is 0 Å². The number of aromatic nitrogens is 1. The van der Waals surface area contributed by atoms with E-state index in [0.29, 0.717) is 5.56 Å². The molecule has 0 bridgehead atoms. The lowest BCUT2D eigenvalue weighted by Gasteiger charge is -2.18. The highest BCUT2D eigenvalue weighted by Gasteiger charge is 2.20. The largest absolute Gasteiger partial charge is 0.309 e. The summed E-state index contributed by atoms with van der Waals surface area (Å²) >= 11 is 0. The molecule has 0 saturated carbocycles. The van der Waals surface area contributed by atoms with E-state index in [1.807, 2.05) is 19.1 Å². The summed E-state index contributed by atoms with van der Waals surface area (Å²) < 4.78 is 27.7. The predicted molar refractivity (Wildman–Crippen MR) is 71.0 cm³/mol. The third kappa shape index (κ3) is 2.63. The third-order valence-corrected chi connectivity index (χ3v) is 3.17. The number of aryl methyl sites for hydroxylation is 2. The Bertz CT molecular complexity index is 579. The molecule has 19 heavy (non-hydrogen) atoms. The minimum Gasteiger partial charge on any atom is -0.309 e. The second kappa shape index (κ2) is 5.45. The summed E-state index contributed by atoms with van der Waals surface area (Å²) in [4.78, 5) is 4.19. The van der Waals surface area contributed by atoms with E-state index in [1.54, 1.807) is 32.3 Å². The zero-order valence-electron chi connectivity index (χ0n) is 11.2. The highest BCUT2D eigenvalue weighted by atomic mass is 19.2. The van der Waals surface area contributed by atoms with Crippen LogP contribution < -0.4 is 5.32 Å². The monoisotopic (exact) mass is 262 g/mol. The summed E-state index contributed by atoms with van der Waals surface area (Å²) in [5.74, 6) is -1.60. The van der Waals surface area contributed by atoms with Gasteiger partial charge in [-0.25, -0.2) is 8.78 Å². The van der Waals surface area contributed by atoms with E-state index in [-0.39, 0.29) is 5.56 Å². The zero-order valence-corrected chi connectivity index (χ0v) is 11.2. The van der Waals surface area contributed by atoms with Crippen molar-refractivity contribution in [1.29, 1.82) is 0 Å². The Morgan fingerprint density at radius 2 is 1.79 bits per heavy atom. The first-order chi connectivity index (χ1) is 9.04. The molecule has 1 unspecified atom stereocenters. The van der Waals surface area contributed by atoms with Crippen LogP contribution in [0.1, 0.15) is 28.4 Å². The Kier molecular flexibility index (Phi) is 3.90. The number of hydrogen-bond donors (Lipinski definition) is 1. The summed E-state index contributed by atoms with van der Waals surface area (Å²) in [6.45, 7) is 3.42. The van der Waals surface area contributed by atoms with Crippen molar-refractivity contribution < 1.29 is 8.78 Å². The Labute approximate surface area is 111 Å². The van der Waals surface area contributed by atoms with Crippen LogP contribution in [0.15, 0.2) is 30.5 Å². The van der Waals surface area contributed by atoms with Crippen molar-refractivity contribution in [2.45, 2.75) is 19.9 Å². The molecule has 4 heteroatoms. The maximum absolute atomic E-state index is 14.0. The van der Waals surface area contributed by atoms with Crippen LogP contribution in [0.5, 0.6) is 0 Å². The average Bonchev–Trinajstić information content (AvgIpc) is 2.41. The van der Waals surface area contributed by atoms with Crippen molar-refractivity contribution in [3.05, 3.63) is 64.5 Å². The van der Waals surface area contributed by atoms with Crippen molar-refractivity contribution in [1.82, 2.24) is 10.3 Å². The zero-order chi connectivity index (χ0) is 14.0. The van der Waals surface area contributed by atoms with Gasteiger partial charge < -0.3 is 5.32 Å². The molecule has 2 nitrogen and oxygen atoms in total. The lowest BCUT2D eigenvalue weighted by atomic mass is 9.98. The van der Waals surface area contributed by atoms with Crippen LogP contribution in [-0.4, -0.2) is 12.0 Å². The number of pyridine rings is 1. The first kappa shape index (κ1) is 13.6. The van der Waals surface area contributed by atoms with Crippen molar-refractivity contribution in [2.24, 2.45) is 0 Å². The van der Waals surface area contributed by atoms with E-state index in [9.17, 15) is 8.78 Å². The lowest BCUT2D eigenvalue weighted by Crippen LogP contribution is -2.20. The molecular formula is C15H16F2N2. The average molecular weight is 262 g/mol. The van der Waals surface area contributed by atoms with Gasteiger partial charge in [0.05, 0.1) is 6.04 Å². The Morgan fingerprint density at radius 1 is 1.05 bits per heavy atom. The number of benzene rings is 1. The lowest BCUT2D eigenvalue weighted by molar-refractivity contribution is 0.482. The molecule has 0 aliphatic rings. The number of nitrogens with zero attached hydrogens (tertiary/aromatic N) is 1. The van der Waals surface area contributed by atoms with Crippen LogP contribution in [-0.2, 0) is 0 Å². The molecule has 1 aromatic carbocycles. The van der Waals surface area contributed by atoms with Crippen molar-refractivity contribution in [2.75, 3.05) is 7.05 Å². The van der Waals surface area contributed by atoms with Gasteiger partial charge in [0, 0.05) is 17.5 Å². The molecule has 1 N–H and O–H groups in total. The molecule has 2 aromatic rings. The Morgan fingerprint density at radius 3 is 2.37 bits per heavy atom. The molecular weight excluding hydrogens is 246 g/mol. The topological polar surface area (TPSA) is 24.9 Å². The minimum atomic E-state index is -0.806.